The molecular formula is C15H17FN2O. The minimum atomic E-state index is -0.281. The molecule has 0 aliphatic carbocycles. The lowest BCUT2D eigenvalue weighted by Gasteiger charge is -2.08. The smallest absolute Gasteiger partial charge is 0.254 e. The third-order valence-electron chi connectivity index (χ3n) is 3.13. The highest BCUT2D eigenvalue weighted by Crippen LogP contribution is 2.21. The highest BCUT2D eigenvalue weighted by Gasteiger charge is 2.11. The molecule has 0 unspecified atom stereocenters. The molecule has 0 bridgehead atoms. The van der Waals surface area contributed by atoms with E-state index in [4.69, 9.17) is 0 Å². The Morgan fingerprint density at radius 2 is 2.05 bits per heavy atom. The molecule has 1 heterocycles. The van der Waals surface area contributed by atoms with E-state index >= 15 is 0 Å². The molecule has 0 amide bonds. The van der Waals surface area contributed by atoms with Crippen LogP contribution in [0.15, 0.2) is 23.0 Å². The molecule has 0 saturated carbocycles. The summed E-state index contributed by atoms with van der Waals surface area (Å²) in [6.45, 7) is 5.43. The van der Waals surface area contributed by atoms with Gasteiger partial charge in [0, 0.05) is 17.5 Å². The lowest BCUT2D eigenvalue weighted by atomic mass is 10.1. The Hall–Kier alpha value is -1.97. The largest absolute Gasteiger partial charge is 0.310 e. The second kappa shape index (κ2) is 5.34. The highest BCUT2D eigenvalue weighted by atomic mass is 19.1. The summed E-state index contributed by atoms with van der Waals surface area (Å²) in [6.07, 6.45) is 1.60. The van der Waals surface area contributed by atoms with Crippen molar-refractivity contribution >= 4 is 0 Å². The van der Waals surface area contributed by atoms with E-state index in [1.165, 1.54) is 6.07 Å². The van der Waals surface area contributed by atoms with Gasteiger partial charge in [0.2, 0.25) is 0 Å². The van der Waals surface area contributed by atoms with Crippen molar-refractivity contribution in [2.24, 2.45) is 0 Å². The van der Waals surface area contributed by atoms with Crippen LogP contribution in [-0.2, 0) is 6.42 Å². The number of aryl methyl sites for hydroxylation is 2. The first kappa shape index (κ1) is 13.5. The van der Waals surface area contributed by atoms with E-state index in [1.807, 2.05) is 6.92 Å². The van der Waals surface area contributed by atoms with Crippen molar-refractivity contribution in [1.82, 2.24) is 9.97 Å². The lowest BCUT2D eigenvalue weighted by Crippen LogP contribution is -2.16. The first-order valence-electron chi connectivity index (χ1n) is 6.39. The molecule has 0 aliphatic heterocycles. The summed E-state index contributed by atoms with van der Waals surface area (Å²) in [4.78, 5) is 19.1. The molecule has 19 heavy (non-hydrogen) atoms. The average molecular weight is 260 g/mol. The summed E-state index contributed by atoms with van der Waals surface area (Å²) in [5, 5.41) is 0. The Morgan fingerprint density at radius 1 is 1.32 bits per heavy atom. The lowest BCUT2D eigenvalue weighted by molar-refractivity contribution is 0.619. The number of H-pyrrole nitrogens is 1. The first-order chi connectivity index (χ1) is 9.02. The molecule has 3 nitrogen and oxygen atoms in total. The van der Waals surface area contributed by atoms with Crippen molar-refractivity contribution in [2.45, 2.75) is 33.6 Å². The molecule has 0 atom stereocenters. The molecule has 1 N–H and O–H groups in total. The Kier molecular flexibility index (Phi) is 3.79. The fourth-order valence-corrected chi connectivity index (χ4v) is 1.96. The quantitative estimate of drug-likeness (QED) is 0.921. The number of hydrogen-bond acceptors (Lipinski definition) is 2. The standard InChI is InChI=1S/C15H17FN2O/c1-4-5-13-17-14(10(3)15(19)18-13)11-7-6-9(2)12(16)8-11/h6-8H,4-5H2,1-3H3,(H,17,18,19). The number of rotatable bonds is 3. The minimum absolute atomic E-state index is 0.158. The predicted molar refractivity (Wildman–Crippen MR) is 73.7 cm³/mol. The van der Waals surface area contributed by atoms with Crippen molar-refractivity contribution in [1.29, 1.82) is 0 Å². The Morgan fingerprint density at radius 3 is 2.68 bits per heavy atom. The molecule has 0 radical (unpaired) electrons. The van der Waals surface area contributed by atoms with Crippen molar-refractivity contribution in [3.05, 3.63) is 51.3 Å². The monoisotopic (exact) mass is 260 g/mol. The average Bonchev–Trinajstić information content (AvgIpc) is 2.37. The van der Waals surface area contributed by atoms with Crippen LogP contribution in [-0.4, -0.2) is 9.97 Å². The maximum absolute atomic E-state index is 13.6. The molecule has 0 fully saturated rings. The predicted octanol–water partition coefficient (Wildman–Crippen LogP) is 3.15. The fraction of sp³-hybridized carbons (Fsp3) is 0.333. The van der Waals surface area contributed by atoms with E-state index in [-0.39, 0.29) is 11.4 Å². The number of nitrogens with zero attached hydrogens (tertiary/aromatic N) is 1. The van der Waals surface area contributed by atoms with Gasteiger partial charge in [0.05, 0.1) is 5.69 Å². The van der Waals surface area contributed by atoms with Crippen molar-refractivity contribution in [3.63, 3.8) is 0 Å². The van der Waals surface area contributed by atoms with Gasteiger partial charge in [0.25, 0.3) is 5.56 Å². The number of benzene rings is 1. The second-order valence-corrected chi connectivity index (χ2v) is 4.70. The number of aromatic nitrogens is 2. The number of hydrogen-bond donors (Lipinski definition) is 1. The van der Waals surface area contributed by atoms with Crippen LogP contribution >= 0.6 is 0 Å². The van der Waals surface area contributed by atoms with Gasteiger partial charge in [-0.05, 0) is 31.9 Å². The van der Waals surface area contributed by atoms with Gasteiger partial charge in [-0.2, -0.15) is 0 Å². The van der Waals surface area contributed by atoms with Crippen LogP contribution in [0.4, 0.5) is 4.39 Å². The fourth-order valence-electron chi connectivity index (χ4n) is 1.96. The topological polar surface area (TPSA) is 45.8 Å². The van der Waals surface area contributed by atoms with E-state index in [1.54, 1.807) is 26.0 Å². The van der Waals surface area contributed by atoms with Crippen LogP contribution in [0, 0.1) is 19.7 Å². The third kappa shape index (κ3) is 2.72. The van der Waals surface area contributed by atoms with E-state index in [0.717, 1.165) is 6.42 Å². The van der Waals surface area contributed by atoms with E-state index in [2.05, 4.69) is 9.97 Å². The SMILES string of the molecule is CCCc1nc(-c2ccc(C)c(F)c2)c(C)c(=O)[nH]1. The summed E-state index contributed by atoms with van der Waals surface area (Å²) in [6, 6.07) is 4.93. The Balaban J connectivity index is 2.60. The molecule has 0 saturated heterocycles. The Bertz CT molecular complexity index is 662. The van der Waals surface area contributed by atoms with Gasteiger partial charge in [-0.3, -0.25) is 4.79 Å². The van der Waals surface area contributed by atoms with Gasteiger partial charge in [-0.15, -0.1) is 0 Å². The van der Waals surface area contributed by atoms with Crippen LogP contribution in [0.1, 0.15) is 30.3 Å². The first-order valence-corrected chi connectivity index (χ1v) is 6.39. The molecule has 0 spiro atoms. The Labute approximate surface area is 111 Å². The molecule has 100 valence electrons. The van der Waals surface area contributed by atoms with E-state index in [0.29, 0.717) is 34.6 Å². The molecular weight excluding hydrogens is 243 g/mol. The molecule has 2 aromatic rings. The van der Waals surface area contributed by atoms with E-state index in [9.17, 15) is 9.18 Å². The zero-order chi connectivity index (χ0) is 14.0. The maximum Gasteiger partial charge on any atom is 0.254 e. The van der Waals surface area contributed by atoms with Crippen molar-refractivity contribution in [3.8, 4) is 11.3 Å². The van der Waals surface area contributed by atoms with Crippen molar-refractivity contribution in [2.75, 3.05) is 0 Å². The normalized spacial score (nSPS) is 10.7. The second-order valence-electron chi connectivity index (χ2n) is 4.70. The van der Waals surface area contributed by atoms with Gasteiger partial charge in [-0.25, -0.2) is 9.37 Å². The van der Waals surface area contributed by atoms with Crippen LogP contribution in [0.2, 0.25) is 0 Å². The molecule has 0 aliphatic rings. The maximum atomic E-state index is 13.6. The van der Waals surface area contributed by atoms with Gasteiger partial charge < -0.3 is 4.98 Å². The number of halogens is 1. The van der Waals surface area contributed by atoms with Gasteiger partial charge in [-0.1, -0.05) is 19.1 Å². The van der Waals surface area contributed by atoms with Gasteiger partial charge in [0.1, 0.15) is 11.6 Å². The van der Waals surface area contributed by atoms with Gasteiger partial charge in [0.15, 0.2) is 0 Å². The highest BCUT2D eigenvalue weighted by molar-refractivity contribution is 5.62. The summed E-state index contributed by atoms with van der Waals surface area (Å²) < 4.78 is 13.6. The molecule has 1 aromatic heterocycles. The summed E-state index contributed by atoms with van der Waals surface area (Å²) in [7, 11) is 0. The van der Waals surface area contributed by atoms with Crippen LogP contribution < -0.4 is 5.56 Å². The summed E-state index contributed by atoms with van der Waals surface area (Å²) in [5.41, 5.74) is 2.15. The molecule has 1 aromatic carbocycles. The van der Waals surface area contributed by atoms with Crippen molar-refractivity contribution < 1.29 is 4.39 Å². The summed E-state index contributed by atoms with van der Waals surface area (Å²) in [5.74, 6) is 0.366. The molecule has 2 rings (SSSR count). The van der Waals surface area contributed by atoms with Crippen LogP contribution in [0.3, 0.4) is 0 Å². The molecule has 4 heteroatoms. The van der Waals surface area contributed by atoms with Gasteiger partial charge >= 0.3 is 0 Å². The van der Waals surface area contributed by atoms with Crippen LogP contribution in [0.5, 0.6) is 0 Å². The number of aromatic amines is 1. The van der Waals surface area contributed by atoms with E-state index < -0.39 is 0 Å². The zero-order valence-corrected chi connectivity index (χ0v) is 11.4. The minimum Gasteiger partial charge on any atom is -0.310 e. The third-order valence-corrected chi connectivity index (χ3v) is 3.13. The number of nitrogens with one attached hydrogen (secondary N) is 1. The summed E-state index contributed by atoms with van der Waals surface area (Å²) >= 11 is 0. The zero-order valence-electron chi connectivity index (χ0n) is 11.4. The van der Waals surface area contributed by atoms with Crippen LogP contribution in [0.25, 0.3) is 11.3 Å².